The van der Waals surface area contributed by atoms with E-state index in [-0.39, 0.29) is 29.8 Å². The fourth-order valence-corrected chi connectivity index (χ4v) is 5.97. The summed E-state index contributed by atoms with van der Waals surface area (Å²) in [6.45, 7) is 9.83. The third-order valence-corrected chi connectivity index (χ3v) is 7.96. The number of hydrogen-bond donors (Lipinski definition) is 2. The molecule has 11 nitrogen and oxygen atoms in total. The number of nitrogens with zero attached hydrogens (tertiary/aromatic N) is 6. The van der Waals surface area contributed by atoms with Crippen LogP contribution in [0.3, 0.4) is 0 Å². The molecule has 14 heteroatoms. The number of rotatable bonds is 5. The quantitative estimate of drug-likeness (QED) is 0.357. The van der Waals surface area contributed by atoms with Gasteiger partial charge >= 0.3 is 12.3 Å². The second kappa shape index (κ2) is 11.5. The standard InChI is InChI=1S/C31H39F3N8O3/c1-16(18-10-19(31(32,33)34)12-20(35)11-18)36-25-23-13-24(28(43)40(6)7)27(39-26(23)38-17(2)37-25)41-14-21-8-9-22(15-41)42(21)29(44)45-30(3,4)5/h10-13,16,21-22H,8-9,14-15,35H2,1-7H3,(H,36,37,38,39)/t16-,21?,22?/m1/s1. The highest BCUT2D eigenvalue weighted by molar-refractivity contribution is 6.03. The Kier molecular flexibility index (Phi) is 8.21. The lowest BCUT2D eigenvalue weighted by molar-refractivity contribution is -0.137. The minimum Gasteiger partial charge on any atom is -0.444 e. The molecule has 45 heavy (non-hydrogen) atoms. The van der Waals surface area contributed by atoms with Gasteiger partial charge in [0.05, 0.1) is 34.6 Å². The van der Waals surface area contributed by atoms with Crippen molar-refractivity contribution in [3.63, 3.8) is 0 Å². The van der Waals surface area contributed by atoms with Gasteiger partial charge in [-0.1, -0.05) is 0 Å². The number of carbonyl (C=O) groups excluding carboxylic acids is 2. The van der Waals surface area contributed by atoms with Gasteiger partial charge in [0.25, 0.3) is 5.91 Å². The molecule has 2 saturated heterocycles. The summed E-state index contributed by atoms with van der Waals surface area (Å²) in [7, 11) is 3.29. The number of benzene rings is 1. The molecule has 3 aromatic rings. The van der Waals surface area contributed by atoms with Gasteiger partial charge in [0.1, 0.15) is 23.1 Å². The zero-order valence-corrected chi connectivity index (χ0v) is 26.5. The van der Waals surface area contributed by atoms with Crippen molar-refractivity contribution in [2.45, 2.75) is 77.4 Å². The Bertz CT molecular complexity index is 1630. The van der Waals surface area contributed by atoms with Crippen LogP contribution in [0, 0.1) is 6.92 Å². The van der Waals surface area contributed by atoms with Crippen LogP contribution >= 0.6 is 0 Å². The third-order valence-electron chi connectivity index (χ3n) is 7.96. The minimum atomic E-state index is -4.55. The number of anilines is 3. The summed E-state index contributed by atoms with van der Waals surface area (Å²) in [6.07, 6.45) is -3.29. The summed E-state index contributed by atoms with van der Waals surface area (Å²) in [4.78, 5) is 45.8. The van der Waals surface area contributed by atoms with E-state index in [0.29, 0.717) is 52.7 Å². The zero-order valence-electron chi connectivity index (χ0n) is 26.5. The van der Waals surface area contributed by atoms with Crippen molar-refractivity contribution in [1.29, 1.82) is 0 Å². The molecule has 2 fully saturated rings. The van der Waals surface area contributed by atoms with Gasteiger partial charge < -0.3 is 25.6 Å². The number of alkyl halides is 3. The van der Waals surface area contributed by atoms with E-state index in [1.54, 1.807) is 34.0 Å². The van der Waals surface area contributed by atoms with E-state index >= 15 is 0 Å². The minimum absolute atomic E-state index is 0.0110. The molecule has 3 N–H and O–H groups in total. The second-order valence-electron chi connectivity index (χ2n) is 13.0. The van der Waals surface area contributed by atoms with E-state index in [9.17, 15) is 22.8 Å². The average Bonchev–Trinajstić information content (AvgIpc) is 3.19. The second-order valence-corrected chi connectivity index (χ2v) is 13.0. The van der Waals surface area contributed by atoms with E-state index in [2.05, 4.69) is 15.3 Å². The van der Waals surface area contributed by atoms with E-state index < -0.39 is 23.4 Å². The molecule has 1 aromatic carbocycles. The molecule has 2 aromatic heterocycles. The van der Waals surface area contributed by atoms with Crippen LogP contribution in [-0.4, -0.2) is 81.6 Å². The summed E-state index contributed by atoms with van der Waals surface area (Å²) in [5.41, 5.74) is 5.30. The number of fused-ring (bicyclic) bond motifs is 3. The Balaban J connectivity index is 1.52. The molecule has 0 spiro atoms. The zero-order chi connectivity index (χ0) is 33.0. The number of nitrogens with one attached hydrogen (secondary N) is 1. The Morgan fingerprint density at radius 2 is 1.69 bits per heavy atom. The van der Waals surface area contributed by atoms with E-state index in [0.717, 1.165) is 25.0 Å². The molecule has 242 valence electrons. The summed E-state index contributed by atoms with van der Waals surface area (Å²) in [6, 6.07) is 4.25. The van der Waals surface area contributed by atoms with Gasteiger partial charge in [0.15, 0.2) is 5.65 Å². The number of aromatic nitrogens is 3. The molecule has 5 rings (SSSR count). The fourth-order valence-electron chi connectivity index (χ4n) is 5.97. The van der Waals surface area contributed by atoms with Crippen molar-refractivity contribution in [2.24, 2.45) is 0 Å². The Morgan fingerprint density at radius 1 is 1.04 bits per heavy atom. The van der Waals surface area contributed by atoms with Gasteiger partial charge in [-0.25, -0.2) is 19.7 Å². The van der Waals surface area contributed by atoms with Crippen LogP contribution in [0.5, 0.6) is 0 Å². The number of piperazine rings is 1. The number of nitrogens with two attached hydrogens (primary N) is 1. The monoisotopic (exact) mass is 628 g/mol. The molecule has 2 bridgehead atoms. The molecule has 0 aliphatic carbocycles. The van der Waals surface area contributed by atoms with Crippen LogP contribution < -0.4 is 16.0 Å². The Morgan fingerprint density at radius 3 is 2.27 bits per heavy atom. The number of pyridine rings is 1. The summed E-state index contributed by atoms with van der Waals surface area (Å²) in [5, 5.41) is 3.63. The van der Waals surface area contributed by atoms with Crippen molar-refractivity contribution in [1.82, 2.24) is 24.8 Å². The summed E-state index contributed by atoms with van der Waals surface area (Å²) in [5.74, 6) is 0.875. The van der Waals surface area contributed by atoms with Crippen molar-refractivity contribution in [3.05, 3.63) is 46.8 Å². The van der Waals surface area contributed by atoms with Crippen LogP contribution in [0.25, 0.3) is 11.0 Å². The van der Waals surface area contributed by atoms with Crippen molar-refractivity contribution >= 4 is 40.4 Å². The molecule has 0 saturated carbocycles. The van der Waals surface area contributed by atoms with Gasteiger partial charge in [0, 0.05) is 32.9 Å². The highest BCUT2D eigenvalue weighted by Crippen LogP contribution is 2.37. The lowest BCUT2D eigenvalue weighted by Gasteiger charge is -2.42. The molecule has 2 aliphatic heterocycles. The molecule has 2 amide bonds. The predicted octanol–water partition coefficient (Wildman–Crippen LogP) is 5.40. The maximum Gasteiger partial charge on any atom is 0.416 e. The number of nitrogen functional groups attached to an aromatic ring is 1. The normalized spacial score (nSPS) is 19.1. The lowest BCUT2D eigenvalue weighted by Crippen LogP contribution is -2.57. The maximum atomic E-state index is 13.5. The van der Waals surface area contributed by atoms with E-state index in [4.69, 9.17) is 15.5 Å². The smallest absolute Gasteiger partial charge is 0.416 e. The van der Waals surface area contributed by atoms with E-state index in [1.165, 1.54) is 11.0 Å². The Labute approximate surface area is 259 Å². The number of amides is 2. The molecular formula is C31H39F3N8O3. The topological polar surface area (TPSA) is 130 Å². The van der Waals surface area contributed by atoms with Crippen LogP contribution in [0.2, 0.25) is 0 Å². The number of ether oxygens (including phenoxy) is 1. The maximum absolute atomic E-state index is 13.5. The lowest BCUT2D eigenvalue weighted by atomic mass is 10.0. The van der Waals surface area contributed by atoms with E-state index in [1.807, 2.05) is 30.6 Å². The molecule has 4 heterocycles. The van der Waals surface area contributed by atoms with Crippen LogP contribution in [-0.2, 0) is 10.9 Å². The first-order valence-electron chi connectivity index (χ1n) is 14.8. The van der Waals surface area contributed by atoms with Crippen molar-refractivity contribution < 1.29 is 27.5 Å². The average molecular weight is 629 g/mol. The summed E-state index contributed by atoms with van der Waals surface area (Å²) >= 11 is 0. The molecule has 0 radical (unpaired) electrons. The van der Waals surface area contributed by atoms with Crippen LogP contribution in [0.15, 0.2) is 24.3 Å². The largest absolute Gasteiger partial charge is 0.444 e. The highest BCUT2D eigenvalue weighted by atomic mass is 19.4. The highest BCUT2D eigenvalue weighted by Gasteiger charge is 2.45. The fraction of sp³-hybridized carbons (Fsp3) is 0.516. The first kappa shape index (κ1) is 32.0. The van der Waals surface area contributed by atoms with Crippen molar-refractivity contribution in [3.8, 4) is 0 Å². The van der Waals surface area contributed by atoms with Crippen LogP contribution in [0.4, 0.5) is 35.3 Å². The van der Waals surface area contributed by atoms with Gasteiger partial charge in [-0.2, -0.15) is 13.2 Å². The first-order chi connectivity index (χ1) is 20.9. The number of hydrogen-bond acceptors (Lipinski definition) is 9. The predicted molar refractivity (Wildman–Crippen MR) is 165 cm³/mol. The molecular weight excluding hydrogens is 589 g/mol. The third kappa shape index (κ3) is 6.69. The van der Waals surface area contributed by atoms with Crippen molar-refractivity contribution in [2.75, 3.05) is 43.1 Å². The number of carbonyl (C=O) groups is 2. The van der Waals surface area contributed by atoms with Gasteiger partial charge in [0.2, 0.25) is 0 Å². The number of aryl methyl sites for hydroxylation is 1. The first-order valence-corrected chi connectivity index (χ1v) is 14.8. The van der Waals surface area contributed by atoms with Gasteiger partial charge in [-0.15, -0.1) is 0 Å². The number of halogens is 3. The van der Waals surface area contributed by atoms with Gasteiger partial charge in [-0.05, 0) is 77.3 Å². The SMILES string of the molecule is Cc1nc(N[C@H](C)c2cc(N)cc(C(F)(F)F)c2)c2cc(C(=O)N(C)C)c(N3CC4CCC(C3)N4C(=O)OC(C)(C)C)nc2n1. The molecule has 2 unspecified atom stereocenters. The molecule has 3 atom stereocenters. The summed E-state index contributed by atoms with van der Waals surface area (Å²) < 4.78 is 46.1. The van der Waals surface area contributed by atoms with Gasteiger partial charge in [-0.3, -0.25) is 9.69 Å². The van der Waals surface area contributed by atoms with Crippen LogP contribution in [0.1, 0.15) is 73.9 Å². The Hall–Kier alpha value is -4.36. The molecule has 2 aliphatic rings.